The van der Waals surface area contributed by atoms with Crippen molar-refractivity contribution in [2.24, 2.45) is 5.92 Å². The molecule has 0 spiro atoms. The molecule has 3 aliphatic heterocycles. The van der Waals surface area contributed by atoms with Crippen LogP contribution in [0, 0.1) is 5.92 Å². The van der Waals surface area contributed by atoms with Crippen molar-refractivity contribution in [1.82, 2.24) is 15.2 Å². The summed E-state index contributed by atoms with van der Waals surface area (Å²) in [4.78, 5) is 20.1. The molecule has 3 aliphatic rings. The van der Waals surface area contributed by atoms with Gasteiger partial charge in [0.2, 0.25) is 0 Å². The molecule has 7 heteroatoms. The van der Waals surface area contributed by atoms with Crippen LogP contribution in [-0.4, -0.2) is 41.0 Å². The number of nitrogens with one attached hydrogen (secondary N) is 1. The Morgan fingerprint density at radius 1 is 1.32 bits per heavy atom. The molecule has 5 rings (SSSR count). The molecular formula is C18H20ClN3O2S. The number of amides is 1. The second kappa shape index (κ2) is 7.02. The molecule has 132 valence electrons. The van der Waals surface area contributed by atoms with Gasteiger partial charge in [0.25, 0.3) is 5.89 Å². The van der Waals surface area contributed by atoms with E-state index in [1.807, 2.05) is 24.3 Å². The van der Waals surface area contributed by atoms with Crippen molar-refractivity contribution in [3.63, 3.8) is 0 Å². The van der Waals surface area contributed by atoms with Crippen LogP contribution < -0.4 is 5.32 Å². The first-order chi connectivity index (χ1) is 12.1. The highest BCUT2D eigenvalue weighted by molar-refractivity contribution is 7.99. The first kappa shape index (κ1) is 16.9. The maximum Gasteiger partial charge on any atom is 0.307 e. The van der Waals surface area contributed by atoms with Crippen molar-refractivity contribution < 1.29 is 9.21 Å². The zero-order valence-electron chi connectivity index (χ0n) is 13.9. The number of nitrogens with zero attached hydrogens (tertiary/aromatic N) is 2. The highest BCUT2D eigenvalue weighted by atomic mass is 35.5. The third-order valence-electron chi connectivity index (χ3n) is 5.19. The van der Waals surface area contributed by atoms with E-state index in [2.05, 4.69) is 22.1 Å². The zero-order valence-corrected chi connectivity index (χ0v) is 15.5. The lowest BCUT2D eigenvalue weighted by molar-refractivity contribution is 0.0209. The standard InChI is InChI=1S/C18H20ClN3O2S/c1-11-16(12-6-8-22(11)9-7-12)21-17(23)18-20-10-15(24-18)25-14-4-2-13(19)3-5-14/h2-5,10-12,16H,6-9H2,1H3,(H,21,23). The number of halogens is 1. The second-order valence-corrected chi connectivity index (χ2v) is 8.17. The van der Waals surface area contributed by atoms with E-state index in [4.69, 9.17) is 16.0 Å². The second-order valence-electron chi connectivity index (χ2n) is 6.65. The van der Waals surface area contributed by atoms with E-state index in [9.17, 15) is 4.79 Å². The van der Waals surface area contributed by atoms with Gasteiger partial charge in [-0.25, -0.2) is 4.98 Å². The summed E-state index contributed by atoms with van der Waals surface area (Å²) in [5, 5.41) is 4.42. The molecule has 3 saturated heterocycles. The summed E-state index contributed by atoms with van der Waals surface area (Å²) >= 11 is 7.31. The molecule has 2 unspecified atom stereocenters. The minimum Gasteiger partial charge on any atom is -0.425 e. The third-order valence-corrected chi connectivity index (χ3v) is 6.34. The first-order valence-corrected chi connectivity index (χ1v) is 9.74. The lowest BCUT2D eigenvalue weighted by Crippen LogP contribution is -2.62. The van der Waals surface area contributed by atoms with Crippen molar-refractivity contribution in [3.05, 3.63) is 41.4 Å². The van der Waals surface area contributed by atoms with Crippen LogP contribution in [0.3, 0.4) is 0 Å². The Bertz CT molecular complexity index is 754. The Labute approximate surface area is 156 Å². The molecule has 1 N–H and O–H groups in total. The van der Waals surface area contributed by atoms with Crippen LogP contribution in [0.25, 0.3) is 0 Å². The maximum atomic E-state index is 12.5. The van der Waals surface area contributed by atoms with Gasteiger partial charge in [-0.3, -0.25) is 9.69 Å². The molecule has 1 aromatic carbocycles. The number of rotatable bonds is 4. The highest BCUT2D eigenvalue weighted by Crippen LogP contribution is 2.33. The normalized spacial score (nSPS) is 28.1. The molecule has 5 nitrogen and oxygen atoms in total. The zero-order chi connectivity index (χ0) is 17.4. The number of carbonyl (C=O) groups is 1. The van der Waals surface area contributed by atoms with Crippen molar-refractivity contribution in [2.75, 3.05) is 13.1 Å². The SMILES string of the molecule is CC1C(NC(=O)c2ncc(Sc3ccc(Cl)cc3)o2)C2CCN1CC2. The monoisotopic (exact) mass is 377 g/mol. The topological polar surface area (TPSA) is 58.4 Å². The van der Waals surface area contributed by atoms with Crippen LogP contribution in [0.15, 0.2) is 44.9 Å². The molecule has 2 bridgehead atoms. The van der Waals surface area contributed by atoms with E-state index < -0.39 is 0 Å². The molecule has 2 aromatic rings. The summed E-state index contributed by atoms with van der Waals surface area (Å²) in [6, 6.07) is 8.00. The van der Waals surface area contributed by atoms with Crippen molar-refractivity contribution in [1.29, 1.82) is 0 Å². The molecule has 1 aromatic heterocycles. The number of benzene rings is 1. The van der Waals surface area contributed by atoms with Gasteiger partial charge >= 0.3 is 5.91 Å². The number of fused-ring (bicyclic) bond motifs is 3. The van der Waals surface area contributed by atoms with Gasteiger partial charge in [0.05, 0.1) is 6.20 Å². The van der Waals surface area contributed by atoms with Crippen LogP contribution in [-0.2, 0) is 0 Å². The Morgan fingerprint density at radius 2 is 2.04 bits per heavy atom. The molecule has 25 heavy (non-hydrogen) atoms. The summed E-state index contributed by atoms with van der Waals surface area (Å²) in [6.45, 7) is 4.46. The van der Waals surface area contributed by atoms with Gasteiger partial charge in [0.1, 0.15) is 0 Å². The van der Waals surface area contributed by atoms with Crippen LogP contribution in [0.1, 0.15) is 30.5 Å². The number of hydrogen-bond acceptors (Lipinski definition) is 5. The lowest BCUT2D eigenvalue weighted by atomic mass is 9.79. The van der Waals surface area contributed by atoms with Crippen LogP contribution in [0.2, 0.25) is 5.02 Å². The molecule has 3 fully saturated rings. The fraction of sp³-hybridized carbons (Fsp3) is 0.444. The number of piperidine rings is 3. The lowest BCUT2D eigenvalue weighted by Gasteiger charge is -2.49. The van der Waals surface area contributed by atoms with E-state index in [-0.39, 0.29) is 17.8 Å². The Hall–Kier alpha value is -1.50. The summed E-state index contributed by atoms with van der Waals surface area (Å²) in [5.41, 5.74) is 0. The Kier molecular flexibility index (Phi) is 4.75. The van der Waals surface area contributed by atoms with E-state index in [0.29, 0.717) is 22.1 Å². The van der Waals surface area contributed by atoms with Crippen LogP contribution >= 0.6 is 23.4 Å². The van der Waals surface area contributed by atoms with Crippen molar-refractivity contribution in [3.8, 4) is 0 Å². The number of aromatic nitrogens is 1. The summed E-state index contributed by atoms with van der Waals surface area (Å²) in [5.74, 6) is 0.454. The van der Waals surface area contributed by atoms with Gasteiger partial charge in [-0.15, -0.1) is 0 Å². The average molecular weight is 378 g/mol. The van der Waals surface area contributed by atoms with Crippen molar-refractivity contribution >= 4 is 29.3 Å². The van der Waals surface area contributed by atoms with Crippen LogP contribution in [0.4, 0.5) is 0 Å². The summed E-state index contributed by atoms with van der Waals surface area (Å²) < 4.78 is 5.63. The number of hydrogen-bond donors (Lipinski definition) is 1. The predicted octanol–water partition coefficient (Wildman–Crippen LogP) is 3.69. The minimum absolute atomic E-state index is 0.125. The molecule has 1 amide bonds. The molecule has 4 heterocycles. The fourth-order valence-corrected chi connectivity index (χ4v) is 4.65. The first-order valence-electron chi connectivity index (χ1n) is 8.54. The van der Waals surface area contributed by atoms with Gasteiger partial charge in [0, 0.05) is 22.0 Å². The highest BCUT2D eigenvalue weighted by Gasteiger charge is 2.40. The van der Waals surface area contributed by atoms with Crippen molar-refractivity contribution in [2.45, 2.75) is 41.8 Å². The summed E-state index contributed by atoms with van der Waals surface area (Å²) in [6.07, 6.45) is 3.89. The molecule has 2 atom stereocenters. The summed E-state index contributed by atoms with van der Waals surface area (Å²) in [7, 11) is 0. The van der Waals surface area contributed by atoms with Gasteiger partial charge in [-0.1, -0.05) is 23.4 Å². The van der Waals surface area contributed by atoms with Gasteiger partial charge in [-0.2, -0.15) is 0 Å². The number of carbonyl (C=O) groups excluding carboxylic acids is 1. The van der Waals surface area contributed by atoms with Gasteiger partial charge in [0.15, 0.2) is 5.09 Å². The molecule has 0 saturated carbocycles. The van der Waals surface area contributed by atoms with E-state index >= 15 is 0 Å². The van der Waals surface area contributed by atoms with E-state index in [0.717, 1.165) is 30.8 Å². The van der Waals surface area contributed by atoms with E-state index in [1.54, 1.807) is 6.20 Å². The molecular weight excluding hydrogens is 358 g/mol. The molecule has 0 radical (unpaired) electrons. The number of oxazole rings is 1. The Balaban J connectivity index is 1.41. The average Bonchev–Trinajstić information content (AvgIpc) is 3.09. The minimum atomic E-state index is -0.228. The third kappa shape index (κ3) is 3.57. The van der Waals surface area contributed by atoms with Gasteiger partial charge < -0.3 is 9.73 Å². The predicted molar refractivity (Wildman–Crippen MR) is 97.1 cm³/mol. The fourth-order valence-electron chi connectivity index (χ4n) is 3.79. The molecule has 0 aliphatic carbocycles. The van der Waals surface area contributed by atoms with Gasteiger partial charge in [-0.05, 0) is 63.0 Å². The largest absolute Gasteiger partial charge is 0.425 e. The Morgan fingerprint density at radius 3 is 2.72 bits per heavy atom. The smallest absolute Gasteiger partial charge is 0.307 e. The quantitative estimate of drug-likeness (QED) is 0.880. The van der Waals surface area contributed by atoms with Crippen LogP contribution in [0.5, 0.6) is 0 Å². The maximum absolute atomic E-state index is 12.5. The van der Waals surface area contributed by atoms with E-state index in [1.165, 1.54) is 11.8 Å².